The topological polar surface area (TPSA) is 49.3 Å². The Morgan fingerprint density at radius 1 is 1.05 bits per heavy atom. The minimum absolute atomic E-state index is 0.0698. The average molecular weight is 515 g/mol. The Morgan fingerprint density at radius 2 is 1.76 bits per heavy atom. The van der Waals surface area contributed by atoms with Crippen LogP contribution in [0, 0.1) is 5.82 Å². The highest BCUT2D eigenvalue weighted by Crippen LogP contribution is 2.39. The van der Waals surface area contributed by atoms with Crippen LogP contribution >= 0.6 is 11.6 Å². The van der Waals surface area contributed by atoms with Crippen molar-refractivity contribution in [2.45, 2.75) is 19.8 Å². The van der Waals surface area contributed by atoms with Crippen LogP contribution in [0.15, 0.2) is 73.4 Å². The summed E-state index contributed by atoms with van der Waals surface area (Å²) in [6, 6.07) is 16.6. The molecule has 5 nitrogen and oxygen atoms in total. The van der Waals surface area contributed by atoms with Gasteiger partial charge in [-0.2, -0.15) is 0 Å². The Kier molecular flexibility index (Phi) is 7.19. The molecule has 0 atom stereocenters. The summed E-state index contributed by atoms with van der Waals surface area (Å²) in [6.45, 7) is 8.15. The zero-order valence-electron chi connectivity index (χ0n) is 20.8. The summed E-state index contributed by atoms with van der Waals surface area (Å²) < 4.78 is 14.8. The highest BCUT2D eigenvalue weighted by atomic mass is 35.5. The van der Waals surface area contributed by atoms with Crippen molar-refractivity contribution >= 4 is 34.2 Å². The molecule has 1 amide bonds. The average Bonchev–Trinajstić information content (AvgIpc) is 2.93. The van der Waals surface area contributed by atoms with Gasteiger partial charge in [-0.15, -0.1) is 0 Å². The standard InChI is InChI=1S/C30H28ClFN4O/c1-3-9-20-10-5-6-11-21(20)24-19-33-30(36-16-14-35(15-17-36)27(37)4-2)23-18-25(31)29(34-28(23)24)22-12-7-8-13-26(22)32/h4-8,10-13,18-19H,2-3,9,14-17H2,1H3. The molecule has 0 radical (unpaired) electrons. The van der Waals surface area contributed by atoms with Gasteiger partial charge in [-0.3, -0.25) is 4.79 Å². The van der Waals surface area contributed by atoms with E-state index >= 15 is 0 Å². The number of aryl methyl sites for hydroxylation is 1. The number of halogens is 2. The fraction of sp³-hybridized carbons (Fsp3) is 0.233. The Hall–Kier alpha value is -3.77. The Labute approximate surface area is 221 Å². The van der Waals surface area contributed by atoms with Crippen LogP contribution in [0.3, 0.4) is 0 Å². The summed E-state index contributed by atoms with van der Waals surface area (Å²) in [4.78, 5) is 25.9. The summed E-state index contributed by atoms with van der Waals surface area (Å²) >= 11 is 6.74. The van der Waals surface area contributed by atoms with Crippen LogP contribution in [0.25, 0.3) is 33.3 Å². The third-order valence-electron chi connectivity index (χ3n) is 6.81. The predicted molar refractivity (Wildman–Crippen MR) is 148 cm³/mol. The van der Waals surface area contributed by atoms with Gasteiger partial charge < -0.3 is 9.80 Å². The molecule has 0 unspecified atom stereocenters. The number of benzene rings is 2. The molecule has 1 fully saturated rings. The van der Waals surface area contributed by atoms with E-state index in [9.17, 15) is 9.18 Å². The van der Waals surface area contributed by atoms with E-state index < -0.39 is 0 Å². The van der Waals surface area contributed by atoms with Gasteiger partial charge in [-0.1, -0.05) is 67.9 Å². The van der Waals surface area contributed by atoms with Gasteiger partial charge >= 0.3 is 0 Å². The monoisotopic (exact) mass is 514 g/mol. The van der Waals surface area contributed by atoms with Crippen LogP contribution in [0.5, 0.6) is 0 Å². The van der Waals surface area contributed by atoms with E-state index in [4.69, 9.17) is 21.6 Å². The van der Waals surface area contributed by atoms with Crippen molar-refractivity contribution in [1.82, 2.24) is 14.9 Å². The first-order chi connectivity index (χ1) is 18.0. The molecule has 188 valence electrons. The van der Waals surface area contributed by atoms with Gasteiger partial charge in [0.15, 0.2) is 0 Å². The lowest BCUT2D eigenvalue weighted by Crippen LogP contribution is -2.48. The normalized spacial score (nSPS) is 13.7. The van der Waals surface area contributed by atoms with Crippen molar-refractivity contribution in [3.05, 3.63) is 89.9 Å². The molecule has 7 heteroatoms. The summed E-state index contributed by atoms with van der Waals surface area (Å²) in [5.74, 6) is 0.313. The first kappa shape index (κ1) is 24.9. The van der Waals surface area contributed by atoms with E-state index in [-0.39, 0.29) is 11.7 Å². The third kappa shape index (κ3) is 4.81. The van der Waals surface area contributed by atoms with Crippen LogP contribution in [-0.4, -0.2) is 47.0 Å². The second-order valence-corrected chi connectivity index (χ2v) is 9.52. The van der Waals surface area contributed by atoms with Crippen LogP contribution in [-0.2, 0) is 11.2 Å². The first-order valence-corrected chi connectivity index (χ1v) is 12.9. The Morgan fingerprint density at radius 3 is 2.46 bits per heavy atom. The molecule has 0 bridgehead atoms. The van der Waals surface area contributed by atoms with E-state index in [1.54, 1.807) is 23.1 Å². The van der Waals surface area contributed by atoms with Crippen molar-refractivity contribution in [2.24, 2.45) is 0 Å². The lowest BCUT2D eigenvalue weighted by Gasteiger charge is -2.35. The number of carbonyl (C=O) groups is 1. The van der Waals surface area contributed by atoms with Gasteiger partial charge in [-0.05, 0) is 41.8 Å². The number of fused-ring (bicyclic) bond motifs is 1. The van der Waals surface area contributed by atoms with E-state index in [0.717, 1.165) is 40.7 Å². The second-order valence-electron chi connectivity index (χ2n) is 9.11. The molecule has 37 heavy (non-hydrogen) atoms. The molecule has 0 N–H and O–H groups in total. The number of nitrogens with zero attached hydrogens (tertiary/aromatic N) is 4. The molecule has 0 saturated carbocycles. The second kappa shape index (κ2) is 10.7. The molecule has 3 heterocycles. The molecule has 5 rings (SSSR count). The first-order valence-electron chi connectivity index (χ1n) is 12.5. The molecule has 1 saturated heterocycles. The maximum atomic E-state index is 14.8. The van der Waals surface area contributed by atoms with Crippen LogP contribution in [0.2, 0.25) is 5.02 Å². The number of hydrogen-bond acceptors (Lipinski definition) is 4. The summed E-state index contributed by atoms with van der Waals surface area (Å²) in [7, 11) is 0. The molecular formula is C30H28ClFN4O. The van der Waals surface area contributed by atoms with Crippen molar-refractivity contribution in [2.75, 3.05) is 31.1 Å². The number of amides is 1. The predicted octanol–water partition coefficient (Wildman–Crippen LogP) is 6.54. The Bertz CT molecular complexity index is 1480. The van der Waals surface area contributed by atoms with Crippen LogP contribution < -0.4 is 4.90 Å². The van der Waals surface area contributed by atoms with Crippen molar-refractivity contribution < 1.29 is 9.18 Å². The lowest BCUT2D eigenvalue weighted by atomic mass is 9.96. The third-order valence-corrected chi connectivity index (χ3v) is 7.10. The minimum atomic E-state index is -0.374. The zero-order valence-corrected chi connectivity index (χ0v) is 21.5. The van der Waals surface area contributed by atoms with Gasteiger partial charge in [0.1, 0.15) is 11.6 Å². The number of rotatable bonds is 6. The zero-order chi connectivity index (χ0) is 25.9. The summed E-state index contributed by atoms with van der Waals surface area (Å²) in [6.07, 6.45) is 5.14. The molecule has 1 aliphatic heterocycles. The fourth-order valence-corrected chi connectivity index (χ4v) is 5.20. The van der Waals surface area contributed by atoms with Gasteiger partial charge in [0, 0.05) is 48.9 Å². The number of piperazine rings is 1. The molecule has 1 aliphatic rings. The number of carbonyl (C=O) groups excluding carboxylic acids is 1. The lowest BCUT2D eigenvalue weighted by molar-refractivity contribution is -0.126. The van der Waals surface area contributed by atoms with Crippen LogP contribution in [0.1, 0.15) is 18.9 Å². The maximum absolute atomic E-state index is 14.8. The van der Waals surface area contributed by atoms with Gasteiger partial charge in [0.2, 0.25) is 5.91 Å². The number of aromatic nitrogens is 2. The van der Waals surface area contributed by atoms with Gasteiger partial charge in [-0.25, -0.2) is 14.4 Å². The molecule has 0 aliphatic carbocycles. The van der Waals surface area contributed by atoms with Crippen molar-refractivity contribution in [3.8, 4) is 22.4 Å². The Balaban J connectivity index is 1.69. The van der Waals surface area contributed by atoms with Crippen molar-refractivity contribution in [1.29, 1.82) is 0 Å². The van der Waals surface area contributed by atoms with Crippen LogP contribution in [0.4, 0.5) is 10.2 Å². The molecule has 0 spiro atoms. The summed E-state index contributed by atoms with van der Waals surface area (Å²) in [5.41, 5.74) is 4.64. The van der Waals surface area contributed by atoms with E-state index in [1.807, 2.05) is 24.4 Å². The minimum Gasteiger partial charge on any atom is -0.353 e. The molecule has 4 aromatic rings. The number of pyridine rings is 2. The van der Waals surface area contributed by atoms with E-state index in [0.29, 0.717) is 42.5 Å². The molecular weight excluding hydrogens is 487 g/mol. The largest absolute Gasteiger partial charge is 0.353 e. The van der Waals surface area contributed by atoms with Gasteiger partial charge in [0.25, 0.3) is 0 Å². The van der Waals surface area contributed by atoms with E-state index in [2.05, 4.69) is 30.5 Å². The fourth-order valence-electron chi connectivity index (χ4n) is 4.95. The van der Waals surface area contributed by atoms with E-state index in [1.165, 1.54) is 17.7 Å². The molecule has 2 aromatic carbocycles. The maximum Gasteiger partial charge on any atom is 0.246 e. The number of anilines is 1. The summed E-state index contributed by atoms with van der Waals surface area (Å²) in [5, 5.41) is 1.16. The highest BCUT2D eigenvalue weighted by Gasteiger charge is 2.24. The smallest absolute Gasteiger partial charge is 0.246 e. The van der Waals surface area contributed by atoms with Gasteiger partial charge in [0.05, 0.1) is 16.2 Å². The SMILES string of the molecule is C=CC(=O)N1CCN(c2ncc(-c3ccccc3CCC)c3nc(-c4ccccc4F)c(Cl)cc23)CC1. The highest BCUT2D eigenvalue weighted by molar-refractivity contribution is 6.34. The number of hydrogen-bond donors (Lipinski definition) is 0. The quantitative estimate of drug-likeness (QED) is 0.274. The van der Waals surface area contributed by atoms with Crippen molar-refractivity contribution in [3.63, 3.8) is 0 Å². The molecule has 2 aromatic heterocycles.